The number of furan rings is 1. The van der Waals surface area contributed by atoms with Crippen LogP contribution in [0, 0.1) is 17.5 Å². The molecule has 0 aliphatic rings. The molecule has 3 nitrogen and oxygen atoms in total. The zero-order valence-electron chi connectivity index (χ0n) is 18.8. The topological polar surface area (TPSA) is 36.6 Å². The van der Waals surface area contributed by atoms with Gasteiger partial charge in [-0.3, -0.25) is 4.90 Å². The minimum Gasteiger partial charge on any atom is -0.461 e. The highest BCUT2D eigenvalue weighted by Crippen LogP contribution is 2.38. The van der Waals surface area contributed by atoms with Crippen LogP contribution in [0.25, 0.3) is 0 Å². The van der Waals surface area contributed by atoms with E-state index < -0.39 is 17.2 Å². The molecule has 4 rings (SSSR count). The molecule has 0 aliphatic heterocycles. The molecule has 3 aromatic carbocycles. The Morgan fingerprint density at radius 3 is 2.03 bits per heavy atom. The minimum atomic E-state index is -1.90. The van der Waals surface area contributed by atoms with Crippen molar-refractivity contribution in [3.63, 3.8) is 0 Å². The van der Waals surface area contributed by atoms with Gasteiger partial charge in [-0.05, 0) is 66.6 Å². The zero-order chi connectivity index (χ0) is 24.1. The summed E-state index contributed by atoms with van der Waals surface area (Å²) in [4.78, 5) is 2.05. The van der Waals surface area contributed by atoms with Crippen molar-refractivity contribution in [1.82, 2.24) is 4.90 Å². The molecular weight excluding hydrogens is 439 g/mol. The third-order valence-electron chi connectivity index (χ3n) is 5.77. The van der Waals surface area contributed by atoms with Crippen LogP contribution in [0.3, 0.4) is 0 Å². The van der Waals surface area contributed by atoms with Gasteiger partial charge in [-0.2, -0.15) is 0 Å². The maximum absolute atomic E-state index is 14.2. The van der Waals surface area contributed by atoms with E-state index >= 15 is 0 Å². The maximum Gasteiger partial charge on any atom is 0.173 e. The molecule has 0 amide bonds. The fourth-order valence-electron chi connectivity index (χ4n) is 4.15. The van der Waals surface area contributed by atoms with Gasteiger partial charge in [0.05, 0.1) is 6.54 Å². The highest BCUT2D eigenvalue weighted by atomic mass is 19.1. The van der Waals surface area contributed by atoms with Crippen molar-refractivity contribution in [2.45, 2.75) is 32.0 Å². The summed E-state index contributed by atoms with van der Waals surface area (Å²) in [7, 11) is 0. The summed E-state index contributed by atoms with van der Waals surface area (Å²) in [5, 5.41) is 11.8. The van der Waals surface area contributed by atoms with Gasteiger partial charge in [0.1, 0.15) is 29.0 Å². The average molecular weight is 466 g/mol. The van der Waals surface area contributed by atoms with Crippen LogP contribution in [0.4, 0.5) is 13.2 Å². The Morgan fingerprint density at radius 2 is 1.44 bits per heavy atom. The first-order valence-electron chi connectivity index (χ1n) is 11.2. The van der Waals surface area contributed by atoms with E-state index in [9.17, 15) is 18.3 Å². The summed E-state index contributed by atoms with van der Waals surface area (Å²) >= 11 is 0. The van der Waals surface area contributed by atoms with Gasteiger partial charge in [-0.25, -0.2) is 13.2 Å². The van der Waals surface area contributed by atoms with Crippen molar-refractivity contribution >= 4 is 0 Å². The summed E-state index contributed by atoms with van der Waals surface area (Å²) < 4.78 is 48.4. The number of rotatable bonds is 9. The van der Waals surface area contributed by atoms with Gasteiger partial charge >= 0.3 is 0 Å². The van der Waals surface area contributed by atoms with Crippen molar-refractivity contribution in [1.29, 1.82) is 0 Å². The molecule has 176 valence electrons. The Bertz CT molecular complexity index is 1210. The zero-order valence-corrected chi connectivity index (χ0v) is 18.8. The van der Waals surface area contributed by atoms with Gasteiger partial charge in [0, 0.05) is 12.1 Å². The smallest absolute Gasteiger partial charge is 0.173 e. The van der Waals surface area contributed by atoms with Crippen molar-refractivity contribution in [2.24, 2.45) is 0 Å². The summed E-state index contributed by atoms with van der Waals surface area (Å²) in [5.74, 6) is -0.640. The van der Waals surface area contributed by atoms with Crippen molar-refractivity contribution in [3.05, 3.63) is 131 Å². The van der Waals surface area contributed by atoms with Gasteiger partial charge in [0.15, 0.2) is 5.60 Å². The van der Waals surface area contributed by atoms with Crippen molar-refractivity contribution in [2.75, 3.05) is 6.54 Å². The van der Waals surface area contributed by atoms with E-state index in [1.165, 1.54) is 42.5 Å². The van der Waals surface area contributed by atoms with Gasteiger partial charge in [0.2, 0.25) is 0 Å². The molecule has 4 aromatic rings. The lowest BCUT2D eigenvalue weighted by molar-refractivity contribution is 0.0945. The third-order valence-corrected chi connectivity index (χ3v) is 5.77. The molecule has 0 saturated carbocycles. The first-order chi connectivity index (χ1) is 16.4. The molecular formula is C28H26F3NO2. The predicted molar refractivity (Wildman–Crippen MR) is 124 cm³/mol. The molecule has 1 heterocycles. The van der Waals surface area contributed by atoms with E-state index in [1.54, 1.807) is 42.5 Å². The molecule has 34 heavy (non-hydrogen) atoms. The fraction of sp³-hybridized carbons (Fsp3) is 0.214. The van der Waals surface area contributed by atoms with Gasteiger partial charge in [-0.1, -0.05) is 49.4 Å². The molecule has 1 aromatic heterocycles. The highest BCUT2D eigenvalue weighted by Gasteiger charge is 2.38. The van der Waals surface area contributed by atoms with Crippen LogP contribution in [-0.4, -0.2) is 16.6 Å². The van der Waals surface area contributed by atoms with Crippen LogP contribution in [0.5, 0.6) is 0 Å². The lowest BCUT2D eigenvalue weighted by Crippen LogP contribution is -2.28. The first kappa shape index (κ1) is 23.8. The number of benzene rings is 3. The Morgan fingerprint density at radius 1 is 0.794 bits per heavy atom. The Balaban J connectivity index is 1.68. The van der Waals surface area contributed by atoms with Crippen molar-refractivity contribution in [3.8, 4) is 0 Å². The molecule has 0 unspecified atom stereocenters. The molecule has 0 saturated heterocycles. The molecule has 0 fully saturated rings. The maximum atomic E-state index is 14.2. The minimum absolute atomic E-state index is 0.140. The van der Waals surface area contributed by atoms with Crippen LogP contribution in [-0.2, 0) is 18.7 Å². The second-order valence-corrected chi connectivity index (χ2v) is 8.30. The lowest BCUT2D eigenvalue weighted by atomic mass is 9.84. The number of aliphatic hydroxyl groups is 1. The van der Waals surface area contributed by atoms with E-state index in [0.717, 1.165) is 6.42 Å². The van der Waals surface area contributed by atoms with E-state index in [4.69, 9.17) is 4.42 Å². The van der Waals surface area contributed by atoms with Gasteiger partial charge < -0.3 is 9.52 Å². The molecule has 6 heteroatoms. The molecule has 0 aliphatic carbocycles. The SMILES string of the molecule is CCCN(Cc1ccc(C(O)(c2cccc(F)c2)c2cccc(F)c2)o1)Cc1ccccc1F. The molecule has 0 spiro atoms. The number of hydrogen-bond acceptors (Lipinski definition) is 3. The normalized spacial score (nSPS) is 11.8. The summed E-state index contributed by atoms with van der Waals surface area (Å²) in [5.41, 5.74) is -0.880. The average Bonchev–Trinajstić information content (AvgIpc) is 3.29. The standard InChI is InChI=1S/C28H26F3NO2/c1-2-15-32(18-20-7-3-4-12-26(20)31)19-25-13-14-27(34-25)28(33,21-8-5-10-23(29)16-21)22-9-6-11-24(30)17-22/h3-14,16-17,33H,2,15,18-19H2,1H3. The summed E-state index contributed by atoms with van der Waals surface area (Å²) in [6, 6.07) is 21.0. The fourth-order valence-corrected chi connectivity index (χ4v) is 4.15. The number of hydrogen-bond donors (Lipinski definition) is 1. The van der Waals surface area contributed by atoms with E-state index in [0.29, 0.717) is 31.0 Å². The molecule has 0 radical (unpaired) electrons. The number of nitrogens with zero attached hydrogens (tertiary/aromatic N) is 1. The van der Waals surface area contributed by atoms with Gasteiger partial charge in [-0.15, -0.1) is 0 Å². The molecule has 1 N–H and O–H groups in total. The van der Waals surface area contributed by atoms with Crippen molar-refractivity contribution < 1.29 is 22.7 Å². The summed E-state index contributed by atoms with van der Waals surface area (Å²) in [6.45, 7) is 3.52. The van der Waals surface area contributed by atoms with Gasteiger partial charge in [0.25, 0.3) is 0 Å². The predicted octanol–water partition coefficient (Wildman–Crippen LogP) is 6.39. The van der Waals surface area contributed by atoms with E-state index in [1.807, 2.05) is 11.8 Å². The summed E-state index contributed by atoms with van der Waals surface area (Å²) in [6.07, 6.45) is 0.860. The third kappa shape index (κ3) is 5.08. The highest BCUT2D eigenvalue weighted by molar-refractivity contribution is 5.44. The largest absolute Gasteiger partial charge is 0.461 e. The molecule has 0 bridgehead atoms. The second kappa shape index (κ2) is 10.3. The Kier molecular flexibility index (Phi) is 7.20. The molecule has 0 atom stereocenters. The first-order valence-corrected chi connectivity index (χ1v) is 11.2. The van der Waals surface area contributed by atoms with Crippen LogP contribution in [0.15, 0.2) is 89.3 Å². The second-order valence-electron chi connectivity index (χ2n) is 8.30. The van der Waals surface area contributed by atoms with Crippen LogP contribution in [0.1, 0.15) is 41.6 Å². The quantitative estimate of drug-likeness (QED) is 0.311. The van der Waals surface area contributed by atoms with Crippen LogP contribution < -0.4 is 0 Å². The van der Waals surface area contributed by atoms with E-state index in [2.05, 4.69) is 0 Å². The lowest BCUT2D eigenvalue weighted by Gasteiger charge is -2.27. The number of halogens is 3. The van der Waals surface area contributed by atoms with Crippen LogP contribution in [0.2, 0.25) is 0 Å². The van der Waals surface area contributed by atoms with Crippen LogP contribution >= 0.6 is 0 Å². The van der Waals surface area contributed by atoms with E-state index in [-0.39, 0.29) is 22.7 Å². The Hall–Kier alpha value is -3.35. The Labute approximate surface area is 197 Å². The monoisotopic (exact) mass is 465 g/mol.